The lowest BCUT2D eigenvalue weighted by molar-refractivity contribution is -0.131. The highest BCUT2D eigenvalue weighted by Crippen LogP contribution is 2.36. The number of nitrogens with zero attached hydrogens (tertiary/aromatic N) is 1. The molecule has 35 heavy (non-hydrogen) atoms. The van der Waals surface area contributed by atoms with E-state index in [9.17, 15) is 4.79 Å². The van der Waals surface area contributed by atoms with Crippen molar-refractivity contribution >= 4 is 5.91 Å². The average Bonchev–Trinajstić information content (AvgIpc) is 3.34. The van der Waals surface area contributed by atoms with Crippen molar-refractivity contribution in [2.75, 3.05) is 13.3 Å². The predicted octanol–water partition coefficient (Wildman–Crippen LogP) is 6.36. The van der Waals surface area contributed by atoms with Crippen molar-refractivity contribution in [1.29, 1.82) is 0 Å². The van der Waals surface area contributed by atoms with Crippen LogP contribution in [-0.4, -0.2) is 30.2 Å². The Balaban J connectivity index is 1.49. The lowest BCUT2D eigenvalue weighted by Gasteiger charge is -2.26. The van der Waals surface area contributed by atoms with E-state index in [2.05, 4.69) is 36.4 Å². The third-order valence-corrected chi connectivity index (χ3v) is 6.26. The minimum atomic E-state index is 0.136. The molecule has 0 spiro atoms. The van der Waals surface area contributed by atoms with Crippen molar-refractivity contribution in [2.45, 2.75) is 58.6 Å². The van der Waals surface area contributed by atoms with Gasteiger partial charge in [-0.2, -0.15) is 0 Å². The Hall–Kier alpha value is -3.47. The van der Waals surface area contributed by atoms with Crippen LogP contribution >= 0.6 is 0 Å². The molecule has 0 aliphatic carbocycles. The maximum Gasteiger partial charge on any atom is 0.231 e. The molecule has 1 amide bonds. The third-order valence-electron chi connectivity index (χ3n) is 6.26. The van der Waals surface area contributed by atoms with E-state index in [1.165, 1.54) is 11.1 Å². The van der Waals surface area contributed by atoms with Crippen molar-refractivity contribution < 1.29 is 19.0 Å². The molecular weight excluding hydrogens is 438 g/mol. The van der Waals surface area contributed by atoms with E-state index in [4.69, 9.17) is 14.2 Å². The summed E-state index contributed by atoms with van der Waals surface area (Å²) in [4.78, 5) is 14.8. The van der Waals surface area contributed by atoms with Crippen LogP contribution in [0.5, 0.6) is 17.2 Å². The molecule has 1 atom stereocenters. The fourth-order valence-electron chi connectivity index (χ4n) is 4.45. The molecule has 5 heteroatoms. The van der Waals surface area contributed by atoms with Crippen LogP contribution < -0.4 is 14.2 Å². The lowest BCUT2D eigenvalue weighted by atomic mass is 9.88. The first-order valence-corrected chi connectivity index (χ1v) is 12.5. The summed E-state index contributed by atoms with van der Waals surface area (Å²) >= 11 is 0. The molecule has 0 N–H and O–H groups in total. The first-order chi connectivity index (χ1) is 17.0. The monoisotopic (exact) mass is 473 g/mol. The second-order valence-corrected chi connectivity index (χ2v) is 9.27. The highest BCUT2D eigenvalue weighted by Gasteiger charge is 2.21. The standard InChI is InChI=1S/C30H35NO4/c1-4-30(32)31(20-24-10-13-27(14-11-24)35-22(2)3)17-16-26(18-23-8-6-5-7-9-23)25-12-15-28-29(19-25)34-21-33-28/h5-15,19,22,26H,4,16-18,20-21H2,1-3H3. The van der Waals surface area contributed by atoms with Crippen LogP contribution in [-0.2, 0) is 17.8 Å². The van der Waals surface area contributed by atoms with Crippen molar-refractivity contribution in [1.82, 2.24) is 4.90 Å². The normalized spacial score (nSPS) is 13.0. The summed E-state index contributed by atoms with van der Waals surface area (Å²) in [5, 5.41) is 0. The number of hydrogen-bond acceptors (Lipinski definition) is 4. The Morgan fingerprint density at radius 2 is 1.69 bits per heavy atom. The van der Waals surface area contributed by atoms with Crippen molar-refractivity contribution in [3.05, 3.63) is 89.5 Å². The zero-order valence-electron chi connectivity index (χ0n) is 20.9. The fourth-order valence-corrected chi connectivity index (χ4v) is 4.45. The van der Waals surface area contributed by atoms with Gasteiger partial charge < -0.3 is 19.1 Å². The first kappa shape index (κ1) is 24.6. The minimum absolute atomic E-state index is 0.136. The topological polar surface area (TPSA) is 48.0 Å². The van der Waals surface area contributed by atoms with Crippen LogP contribution in [0.15, 0.2) is 72.8 Å². The summed E-state index contributed by atoms with van der Waals surface area (Å²) in [6, 6.07) is 24.8. The van der Waals surface area contributed by atoms with Crippen LogP contribution in [0.1, 0.15) is 56.2 Å². The molecule has 0 radical (unpaired) electrons. The number of carbonyl (C=O) groups excluding carboxylic acids is 1. The summed E-state index contributed by atoms with van der Waals surface area (Å²) in [6.45, 7) is 7.50. The summed E-state index contributed by atoms with van der Waals surface area (Å²) in [7, 11) is 0. The number of amides is 1. The van der Waals surface area contributed by atoms with Gasteiger partial charge in [-0.05, 0) is 73.6 Å². The maximum atomic E-state index is 12.9. The lowest BCUT2D eigenvalue weighted by Crippen LogP contribution is -2.32. The van der Waals surface area contributed by atoms with Crippen molar-refractivity contribution in [2.24, 2.45) is 0 Å². The van der Waals surface area contributed by atoms with E-state index < -0.39 is 0 Å². The van der Waals surface area contributed by atoms with Gasteiger partial charge >= 0.3 is 0 Å². The highest BCUT2D eigenvalue weighted by molar-refractivity contribution is 5.75. The third kappa shape index (κ3) is 6.78. The molecule has 1 unspecified atom stereocenters. The molecule has 0 bridgehead atoms. The Kier molecular flexibility index (Phi) is 8.30. The van der Waals surface area contributed by atoms with Gasteiger partial charge in [-0.25, -0.2) is 0 Å². The summed E-state index contributed by atoms with van der Waals surface area (Å²) in [5.74, 6) is 2.85. The Morgan fingerprint density at radius 3 is 2.40 bits per heavy atom. The molecule has 0 aromatic heterocycles. The maximum absolute atomic E-state index is 12.9. The minimum Gasteiger partial charge on any atom is -0.491 e. The smallest absolute Gasteiger partial charge is 0.231 e. The van der Waals surface area contributed by atoms with E-state index in [1.54, 1.807) is 0 Å². The van der Waals surface area contributed by atoms with Gasteiger partial charge in [0.25, 0.3) is 0 Å². The Labute approximate surface area is 208 Å². The zero-order chi connectivity index (χ0) is 24.6. The van der Waals surface area contributed by atoms with Gasteiger partial charge in [0.05, 0.1) is 6.10 Å². The van der Waals surface area contributed by atoms with Gasteiger partial charge in [-0.15, -0.1) is 0 Å². The molecule has 1 aliphatic heterocycles. The molecule has 0 saturated carbocycles. The molecule has 0 fully saturated rings. The van der Waals surface area contributed by atoms with Gasteiger partial charge in [0.2, 0.25) is 12.7 Å². The number of carbonyl (C=O) groups is 1. The Morgan fingerprint density at radius 1 is 0.943 bits per heavy atom. The number of ether oxygens (including phenoxy) is 3. The number of benzene rings is 3. The van der Waals surface area contributed by atoms with E-state index in [0.717, 1.165) is 35.7 Å². The molecule has 5 nitrogen and oxygen atoms in total. The number of fused-ring (bicyclic) bond motifs is 1. The molecule has 0 saturated heterocycles. The molecule has 3 aromatic carbocycles. The second kappa shape index (κ2) is 11.8. The second-order valence-electron chi connectivity index (χ2n) is 9.27. The first-order valence-electron chi connectivity index (χ1n) is 12.5. The van der Waals surface area contributed by atoms with E-state index in [0.29, 0.717) is 19.5 Å². The summed E-state index contributed by atoms with van der Waals surface area (Å²) in [5.41, 5.74) is 3.59. The van der Waals surface area contributed by atoms with Gasteiger partial charge in [-0.3, -0.25) is 4.79 Å². The van der Waals surface area contributed by atoms with Crippen LogP contribution in [0.2, 0.25) is 0 Å². The van der Waals surface area contributed by atoms with Crippen LogP contribution in [0.4, 0.5) is 0 Å². The van der Waals surface area contributed by atoms with Gasteiger partial charge in [0.1, 0.15) is 5.75 Å². The molecule has 1 heterocycles. The van der Waals surface area contributed by atoms with Gasteiger partial charge in [-0.1, -0.05) is 55.5 Å². The number of hydrogen-bond donors (Lipinski definition) is 0. The van der Waals surface area contributed by atoms with Crippen LogP contribution in [0.3, 0.4) is 0 Å². The average molecular weight is 474 g/mol. The molecule has 184 valence electrons. The Bertz CT molecular complexity index is 1100. The SMILES string of the molecule is CCC(=O)N(CCC(Cc1ccccc1)c1ccc2c(c1)OCO2)Cc1ccc(OC(C)C)cc1. The molecular formula is C30H35NO4. The molecule has 4 rings (SSSR count). The van der Waals surface area contributed by atoms with Crippen LogP contribution in [0, 0.1) is 0 Å². The van der Waals surface area contributed by atoms with Crippen molar-refractivity contribution in [3.8, 4) is 17.2 Å². The predicted molar refractivity (Wildman–Crippen MR) is 138 cm³/mol. The van der Waals surface area contributed by atoms with E-state index in [1.807, 2.05) is 62.1 Å². The largest absolute Gasteiger partial charge is 0.491 e. The fraction of sp³-hybridized carbons (Fsp3) is 0.367. The van der Waals surface area contributed by atoms with Crippen molar-refractivity contribution in [3.63, 3.8) is 0 Å². The quantitative estimate of drug-likeness (QED) is 0.325. The van der Waals surface area contributed by atoms with Gasteiger partial charge in [0, 0.05) is 19.5 Å². The number of rotatable bonds is 11. The zero-order valence-corrected chi connectivity index (χ0v) is 20.9. The molecule has 1 aliphatic rings. The summed E-state index contributed by atoms with van der Waals surface area (Å²) < 4.78 is 16.9. The summed E-state index contributed by atoms with van der Waals surface area (Å²) in [6.07, 6.45) is 2.38. The van der Waals surface area contributed by atoms with Gasteiger partial charge in [0.15, 0.2) is 11.5 Å². The molecule has 3 aromatic rings. The van der Waals surface area contributed by atoms with Crippen LogP contribution in [0.25, 0.3) is 0 Å². The van der Waals surface area contributed by atoms with E-state index in [-0.39, 0.29) is 24.7 Å². The van der Waals surface area contributed by atoms with E-state index >= 15 is 0 Å². The highest BCUT2D eigenvalue weighted by atomic mass is 16.7.